The summed E-state index contributed by atoms with van der Waals surface area (Å²) >= 11 is 1.50. The van der Waals surface area contributed by atoms with Gasteiger partial charge in [-0.25, -0.2) is 4.98 Å². The lowest BCUT2D eigenvalue weighted by molar-refractivity contribution is 0.0986. The van der Waals surface area contributed by atoms with Gasteiger partial charge in [-0.3, -0.25) is 9.48 Å². The second-order valence-corrected chi connectivity index (χ2v) is 5.02. The Morgan fingerprint density at radius 2 is 2.29 bits per heavy atom. The maximum atomic E-state index is 12.0. The molecule has 17 heavy (non-hydrogen) atoms. The number of aryl methyl sites for hydroxylation is 3. The van der Waals surface area contributed by atoms with Gasteiger partial charge in [-0.05, 0) is 19.4 Å². The van der Waals surface area contributed by atoms with Crippen LogP contribution in [0.3, 0.4) is 0 Å². The number of hydrogen-bond donors (Lipinski definition) is 0. The molecule has 90 valence electrons. The van der Waals surface area contributed by atoms with E-state index >= 15 is 0 Å². The first-order valence-electron chi connectivity index (χ1n) is 5.57. The van der Waals surface area contributed by atoms with Gasteiger partial charge < -0.3 is 0 Å². The Hall–Kier alpha value is -1.49. The van der Waals surface area contributed by atoms with Crippen molar-refractivity contribution in [2.45, 2.75) is 26.7 Å². The van der Waals surface area contributed by atoms with E-state index in [0.29, 0.717) is 12.1 Å². The van der Waals surface area contributed by atoms with Crippen LogP contribution in [0.15, 0.2) is 11.4 Å². The molecule has 0 bridgehead atoms. The largest absolute Gasteiger partial charge is 0.292 e. The van der Waals surface area contributed by atoms with E-state index in [1.165, 1.54) is 11.3 Å². The Kier molecular flexibility index (Phi) is 3.38. The quantitative estimate of drug-likeness (QED) is 0.780. The van der Waals surface area contributed by atoms with Crippen molar-refractivity contribution in [2.75, 3.05) is 0 Å². The molecule has 0 atom stereocenters. The smallest absolute Gasteiger partial charge is 0.187 e. The number of rotatable bonds is 4. The first-order valence-corrected chi connectivity index (χ1v) is 6.45. The Morgan fingerprint density at radius 1 is 1.53 bits per heavy atom. The van der Waals surface area contributed by atoms with Crippen LogP contribution in [0.2, 0.25) is 0 Å². The Labute approximate surface area is 104 Å². The first-order chi connectivity index (χ1) is 8.10. The average Bonchev–Trinajstić information content (AvgIpc) is 2.86. The van der Waals surface area contributed by atoms with Crippen LogP contribution in [0.5, 0.6) is 0 Å². The highest BCUT2D eigenvalue weighted by Gasteiger charge is 2.13. The lowest BCUT2D eigenvalue weighted by Crippen LogP contribution is -2.08. The molecule has 4 nitrogen and oxygen atoms in total. The van der Waals surface area contributed by atoms with E-state index in [1.807, 2.05) is 25.4 Å². The fraction of sp³-hybridized carbons (Fsp3) is 0.417. The minimum absolute atomic E-state index is 0.0556. The number of carbonyl (C=O) groups excluding carboxylic acids is 1. The standard InChI is InChI=1S/C12H15N3OS/c1-4-9-5-10(15(3)14-9)6-12(16)11-7-17-8(2)13-11/h5,7H,4,6H2,1-3H3. The predicted molar refractivity (Wildman–Crippen MR) is 67.5 cm³/mol. The normalized spacial score (nSPS) is 10.8. The van der Waals surface area contributed by atoms with Crippen LogP contribution < -0.4 is 0 Å². The van der Waals surface area contributed by atoms with E-state index in [2.05, 4.69) is 17.0 Å². The lowest BCUT2D eigenvalue weighted by atomic mass is 10.1. The maximum absolute atomic E-state index is 12.0. The molecule has 2 aromatic heterocycles. The summed E-state index contributed by atoms with van der Waals surface area (Å²) in [5, 5.41) is 7.07. The van der Waals surface area contributed by atoms with Crippen molar-refractivity contribution in [1.82, 2.24) is 14.8 Å². The van der Waals surface area contributed by atoms with Crippen LogP contribution in [0.4, 0.5) is 0 Å². The molecule has 0 fully saturated rings. The van der Waals surface area contributed by atoms with E-state index in [0.717, 1.165) is 22.8 Å². The summed E-state index contributed by atoms with van der Waals surface area (Å²) in [5.74, 6) is 0.0556. The van der Waals surface area contributed by atoms with Gasteiger partial charge in [0.1, 0.15) is 5.69 Å². The third-order valence-corrected chi connectivity index (χ3v) is 3.41. The van der Waals surface area contributed by atoms with Gasteiger partial charge in [0.15, 0.2) is 5.78 Å². The molecule has 0 spiro atoms. The van der Waals surface area contributed by atoms with Crippen molar-refractivity contribution in [3.63, 3.8) is 0 Å². The zero-order valence-electron chi connectivity index (χ0n) is 10.2. The molecule has 0 saturated carbocycles. The lowest BCUT2D eigenvalue weighted by Gasteiger charge is -1.98. The number of thiazole rings is 1. The van der Waals surface area contributed by atoms with Gasteiger partial charge in [-0.2, -0.15) is 5.10 Å². The van der Waals surface area contributed by atoms with Crippen molar-refractivity contribution >= 4 is 17.1 Å². The van der Waals surface area contributed by atoms with Gasteiger partial charge in [-0.1, -0.05) is 6.92 Å². The molecule has 0 radical (unpaired) electrons. The predicted octanol–water partition coefficient (Wildman–Crippen LogP) is 2.17. The van der Waals surface area contributed by atoms with Gasteiger partial charge in [0.2, 0.25) is 0 Å². The number of Topliss-reactive ketones (excluding diaryl/α,β-unsaturated/α-hetero) is 1. The minimum Gasteiger partial charge on any atom is -0.292 e. The number of carbonyl (C=O) groups is 1. The van der Waals surface area contributed by atoms with Crippen LogP contribution in [0, 0.1) is 6.92 Å². The number of hydrogen-bond acceptors (Lipinski definition) is 4. The van der Waals surface area contributed by atoms with Crippen molar-refractivity contribution in [3.05, 3.63) is 33.5 Å². The van der Waals surface area contributed by atoms with Crippen molar-refractivity contribution in [3.8, 4) is 0 Å². The third kappa shape index (κ3) is 2.61. The second-order valence-electron chi connectivity index (χ2n) is 3.96. The van der Waals surface area contributed by atoms with E-state index in [9.17, 15) is 4.79 Å². The van der Waals surface area contributed by atoms with Gasteiger partial charge in [-0.15, -0.1) is 11.3 Å². The zero-order valence-corrected chi connectivity index (χ0v) is 11.0. The van der Waals surface area contributed by atoms with Crippen LogP contribution in [0.1, 0.15) is 33.8 Å². The number of ketones is 1. The molecule has 5 heteroatoms. The van der Waals surface area contributed by atoms with Crippen molar-refractivity contribution < 1.29 is 4.79 Å². The summed E-state index contributed by atoms with van der Waals surface area (Å²) in [4.78, 5) is 16.2. The number of nitrogens with zero attached hydrogens (tertiary/aromatic N) is 3. The second kappa shape index (κ2) is 4.79. The summed E-state index contributed by atoms with van der Waals surface area (Å²) in [5.41, 5.74) is 2.52. The SMILES string of the molecule is CCc1cc(CC(=O)c2csc(C)n2)n(C)n1. The highest BCUT2D eigenvalue weighted by Crippen LogP contribution is 2.12. The van der Waals surface area contributed by atoms with Gasteiger partial charge in [0.05, 0.1) is 17.1 Å². The molecular weight excluding hydrogens is 234 g/mol. The summed E-state index contributed by atoms with van der Waals surface area (Å²) in [6, 6.07) is 1.98. The molecule has 2 heterocycles. The van der Waals surface area contributed by atoms with E-state index in [-0.39, 0.29) is 5.78 Å². The van der Waals surface area contributed by atoms with Crippen LogP contribution >= 0.6 is 11.3 Å². The molecule has 0 aliphatic carbocycles. The molecule has 2 rings (SSSR count). The Balaban J connectivity index is 2.15. The van der Waals surface area contributed by atoms with Crippen LogP contribution in [-0.2, 0) is 19.9 Å². The van der Waals surface area contributed by atoms with E-state index < -0.39 is 0 Å². The first kappa shape index (κ1) is 12.0. The topological polar surface area (TPSA) is 47.8 Å². The fourth-order valence-electron chi connectivity index (χ4n) is 1.66. The Morgan fingerprint density at radius 3 is 2.82 bits per heavy atom. The summed E-state index contributed by atoms with van der Waals surface area (Å²) in [7, 11) is 1.87. The Bertz CT molecular complexity index is 542. The van der Waals surface area contributed by atoms with E-state index in [1.54, 1.807) is 4.68 Å². The molecule has 0 amide bonds. The van der Waals surface area contributed by atoms with Gasteiger partial charge >= 0.3 is 0 Å². The third-order valence-electron chi connectivity index (χ3n) is 2.64. The summed E-state index contributed by atoms with van der Waals surface area (Å²) < 4.78 is 1.77. The maximum Gasteiger partial charge on any atom is 0.187 e. The molecule has 0 unspecified atom stereocenters. The molecular formula is C12H15N3OS. The molecule has 0 aromatic carbocycles. The van der Waals surface area contributed by atoms with Crippen LogP contribution in [-0.4, -0.2) is 20.5 Å². The molecule has 0 aliphatic rings. The molecule has 0 aliphatic heterocycles. The molecule has 0 N–H and O–H groups in total. The minimum atomic E-state index is 0.0556. The highest BCUT2D eigenvalue weighted by atomic mass is 32.1. The number of aromatic nitrogens is 3. The monoisotopic (exact) mass is 249 g/mol. The average molecular weight is 249 g/mol. The van der Waals surface area contributed by atoms with Gasteiger partial charge in [0.25, 0.3) is 0 Å². The zero-order chi connectivity index (χ0) is 12.4. The highest BCUT2D eigenvalue weighted by molar-refractivity contribution is 7.09. The van der Waals surface area contributed by atoms with E-state index in [4.69, 9.17) is 0 Å². The summed E-state index contributed by atoms with van der Waals surface area (Å²) in [6.07, 6.45) is 1.25. The fourth-order valence-corrected chi connectivity index (χ4v) is 2.27. The van der Waals surface area contributed by atoms with Crippen molar-refractivity contribution in [1.29, 1.82) is 0 Å². The molecule has 2 aromatic rings. The van der Waals surface area contributed by atoms with Crippen molar-refractivity contribution in [2.24, 2.45) is 7.05 Å². The summed E-state index contributed by atoms with van der Waals surface area (Å²) in [6.45, 7) is 3.96. The van der Waals surface area contributed by atoms with Gasteiger partial charge in [0, 0.05) is 18.1 Å². The van der Waals surface area contributed by atoms with Crippen LogP contribution in [0.25, 0.3) is 0 Å². The molecule has 0 saturated heterocycles.